The van der Waals surface area contributed by atoms with Crippen LogP contribution in [0.4, 0.5) is 5.69 Å². The molecule has 6 heteroatoms. The van der Waals surface area contributed by atoms with Gasteiger partial charge in [0.05, 0.1) is 11.4 Å². The van der Waals surface area contributed by atoms with E-state index in [1.807, 2.05) is 65.1 Å². The third kappa shape index (κ3) is 3.76. The largest absolute Gasteiger partial charge is 0.280 e. The van der Waals surface area contributed by atoms with Crippen LogP contribution in [0.1, 0.15) is 33.4 Å². The Morgan fingerprint density at radius 2 is 1.56 bits per heavy atom. The average molecular weight is 384 g/mol. The quantitative estimate of drug-likeness (QED) is 0.715. The van der Waals surface area contributed by atoms with Gasteiger partial charge in [-0.1, -0.05) is 12.1 Å². The highest BCUT2D eigenvalue weighted by molar-refractivity contribution is 7.92. The predicted octanol–water partition coefficient (Wildman–Crippen LogP) is 4.27. The molecule has 0 fully saturated rings. The first kappa shape index (κ1) is 19.2. The van der Waals surface area contributed by atoms with E-state index in [-0.39, 0.29) is 0 Å². The highest BCUT2D eigenvalue weighted by Crippen LogP contribution is 2.30. The number of rotatable bonds is 5. The number of sulfonamides is 1. The molecule has 0 aliphatic carbocycles. The molecule has 2 aromatic carbocycles. The fourth-order valence-corrected chi connectivity index (χ4v) is 5.04. The molecular weight excluding hydrogens is 358 g/mol. The number of hydrogen-bond donors (Lipinski definition) is 1. The lowest BCUT2D eigenvalue weighted by molar-refractivity contribution is 0.599. The fourth-order valence-electron chi connectivity index (χ4n) is 3.39. The standard InChI is InChI=1S/C21H25N3O2S/c1-14-15(2)17(4)21(18(5)16(14)3)27(25,26)23-20-9-6-8-19(12-20)13-24-11-7-10-22-24/h6-12,23H,13H2,1-5H3. The smallest absolute Gasteiger partial charge is 0.262 e. The summed E-state index contributed by atoms with van der Waals surface area (Å²) in [6.45, 7) is 10.3. The average Bonchev–Trinajstić information content (AvgIpc) is 3.11. The van der Waals surface area contributed by atoms with Crippen LogP contribution in [0.25, 0.3) is 0 Å². The number of hydrogen-bond acceptors (Lipinski definition) is 3. The summed E-state index contributed by atoms with van der Waals surface area (Å²) in [7, 11) is -3.69. The summed E-state index contributed by atoms with van der Waals surface area (Å²) >= 11 is 0. The lowest BCUT2D eigenvalue weighted by atomic mass is 9.95. The predicted molar refractivity (Wildman–Crippen MR) is 109 cm³/mol. The molecule has 0 bridgehead atoms. The summed E-state index contributed by atoms with van der Waals surface area (Å²) in [6, 6.07) is 9.28. The van der Waals surface area contributed by atoms with Gasteiger partial charge in [-0.3, -0.25) is 9.40 Å². The van der Waals surface area contributed by atoms with Crippen LogP contribution in [-0.4, -0.2) is 18.2 Å². The van der Waals surface area contributed by atoms with Gasteiger partial charge >= 0.3 is 0 Å². The molecule has 1 aromatic heterocycles. The van der Waals surface area contributed by atoms with Crippen molar-refractivity contribution < 1.29 is 8.42 Å². The molecule has 5 nitrogen and oxygen atoms in total. The Balaban J connectivity index is 1.96. The van der Waals surface area contributed by atoms with Crippen molar-refractivity contribution in [1.29, 1.82) is 0 Å². The molecule has 27 heavy (non-hydrogen) atoms. The highest BCUT2D eigenvalue weighted by atomic mass is 32.2. The number of nitrogens with zero attached hydrogens (tertiary/aromatic N) is 2. The van der Waals surface area contributed by atoms with Crippen LogP contribution in [0.5, 0.6) is 0 Å². The molecule has 1 N–H and O–H groups in total. The zero-order valence-corrected chi connectivity index (χ0v) is 17.2. The summed E-state index contributed by atoms with van der Waals surface area (Å²) < 4.78 is 30.9. The van der Waals surface area contributed by atoms with E-state index in [2.05, 4.69) is 9.82 Å². The number of benzene rings is 2. The van der Waals surface area contributed by atoms with Crippen LogP contribution in [0.15, 0.2) is 47.6 Å². The molecule has 0 amide bonds. The van der Waals surface area contributed by atoms with Crippen molar-refractivity contribution in [3.8, 4) is 0 Å². The molecule has 0 unspecified atom stereocenters. The van der Waals surface area contributed by atoms with Crippen molar-refractivity contribution in [2.24, 2.45) is 0 Å². The van der Waals surface area contributed by atoms with Gasteiger partial charge in [-0.2, -0.15) is 5.10 Å². The second kappa shape index (κ2) is 7.19. The van der Waals surface area contributed by atoms with Crippen molar-refractivity contribution >= 4 is 15.7 Å². The van der Waals surface area contributed by atoms with E-state index in [1.165, 1.54) is 0 Å². The summed E-state index contributed by atoms with van der Waals surface area (Å²) in [4.78, 5) is 0.376. The van der Waals surface area contributed by atoms with Crippen molar-refractivity contribution in [1.82, 2.24) is 9.78 Å². The maximum absolute atomic E-state index is 13.2. The van der Waals surface area contributed by atoms with Gasteiger partial charge in [0.15, 0.2) is 0 Å². The summed E-state index contributed by atoms with van der Waals surface area (Å²) in [5.74, 6) is 0. The molecule has 0 aliphatic rings. The normalized spacial score (nSPS) is 11.6. The molecule has 142 valence electrons. The van der Waals surface area contributed by atoms with Crippen LogP contribution >= 0.6 is 0 Å². The minimum atomic E-state index is -3.69. The SMILES string of the molecule is Cc1c(C)c(C)c(S(=O)(=O)Nc2cccc(Cn3cccn3)c2)c(C)c1C. The first-order valence-electron chi connectivity index (χ1n) is 8.87. The van der Waals surface area contributed by atoms with Gasteiger partial charge < -0.3 is 0 Å². The van der Waals surface area contributed by atoms with Crippen molar-refractivity contribution in [3.63, 3.8) is 0 Å². The minimum absolute atomic E-state index is 0.376. The monoisotopic (exact) mass is 383 g/mol. The molecule has 3 rings (SSSR count). The van der Waals surface area contributed by atoms with Crippen LogP contribution in [0.2, 0.25) is 0 Å². The second-order valence-electron chi connectivity index (χ2n) is 6.96. The Morgan fingerprint density at radius 1 is 0.926 bits per heavy atom. The van der Waals surface area contributed by atoms with Crippen LogP contribution in [-0.2, 0) is 16.6 Å². The Labute approximate surface area is 161 Å². The molecular formula is C21H25N3O2S. The Hall–Kier alpha value is -2.60. The topological polar surface area (TPSA) is 64.0 Å². The van der Waals surface area contributed by atoms with E-state index >= 15 is 0 Å². The molecule has 0 saturated heterocycles. The zero-order chi connectivity index (χ0) is 19.8. The van der Waals surface area contributed by atoms with Gasteiger partial charge in [-0.15, -0.1) is 0 Å². The zero-order valence-electron chi connectivity index (χ0n) is 16.4. The van der Waals surface area contributed by atoms with Crippen LogP contribution in [0.3, 0.4) is 0 Å². The van der Waals surface area contributed by atoms with Crippen molar-refractivity contribution in [2.75, 3.05) is 4.72 Å². The van der Waals surface area contributed by atoms with Crippen LogP contribution < -0.4 is 4.72 Å². The van der Waals surface area contributed by atoms with Gasteiger partial charge in [0.25, 0.3) is 10.0 Å². The van der Waals surface area contributed by atoms with E-state index < -0.39 is 10.0 Å². The Kier molecular flexibility index (Phi) is 5.11. The van der Waals surface area contributed by atoms with E-state index in [0.717, 1.165) is 33.4 Å². The summed E-state index contributed by atoms with van der Waals surface area (Å²) in [6.07, 6.45) is 3.60. The van der Waals surface area contributed by atoms with Crippen LogP contribution in [0, 0.1) is 34.6 Å². The molecule has 0 saturated carbocycles. The van der Waals surface area contributed by atoms with Gasteiger partial charge in [-0.05, 0) is 86.2 Å². The van der Waals surface area contributed by atoms with E-state index in [9.17, 15) is 8.42 Å². The van der Waals surface area contributed by atoms with Gasteiger partial charge in [0.1, 0.15) is 0 Å². The molecule has 3 aromatic rings. The van der Waals surface area contributed by atoms with Crippen molar-refractivity contribution in [3.05, 3.63) is 76.1 Å². The maximum atomic E-state index is 13.2. The Bertz CT molecular complexity index is 1060. The first-order chi connectivity index (χ1) is 12.7. The molecule has 0 aliphatic heterocycles. The second-order valence-corrected chi connectivity index (χ2v) is 8.58. The maximum Gasteiger partial charge on any atom is 0.262 e. The minimum Gasteiger partial charge on any atom is -0.280 e. The van der Waals surface area contributed by atoms with E-state index in [0.29, 0.717) is 17.1 Å². The number of aromatic nitrogens is 2. The summed E-state index contributed by atoms with van der Waals surface area (Å²) in [5.41, 5.74) is 6.31. The van der Waals surface area contributed by atoms with Gasteiger partial charge in [-0.25, -0.2) is 8.42 Å². The highest BCUT2D eigenvalue weighted by Gasteiger charge is 2.23. The third-order valence-electron chi connectivity index (χ3n) is 5.28. The van der Waals surface area contributed by atoms with E-state index in [1.54, 1.807) is 16.9 Å². The van der Waals surface area contributed by atoms with Gasteiger partial charge in [0.2, 0.25) is 0 Å². The first-order valence-corrected chi connectivity index (χ1v) is 10.3. The van der Waals surface area contributed by atoms with Gasteiger partial charge in [0, 0.05) is 18.1 Å². The molecule has 0 atom stereocenters. The number of nitrogens with one attached hydrogen (secondary N) is 1. The molecule has 0 radical (unpaired) electrons. The fraction of sp³-hybridized carbons (Fsp3) is 0.286. The number of anilines is 1. The lowest BCUT2D eigenvalue weighted by Crippen LogP contribution is -2.18. The Morgan fingerprint density at radius 3 is 2.15 bits per heavy atom. The lowest BCUT2D eigenvalue weighted by Gasteiger charge is -2.19. The third-order valence-corrected chi connectivity index (χ3v) is 6.94. The van der Waals surface area contributed by atoms with E-state index in [4.69, 9.17) is 0 Å². The van der Waals surface area contributed by atoms with Crippen molar-refractivity contribution in [2.45, 2.75) is 46.1 Å². The molecule has 0 spiro atoms. The molecule has 1 heterocycles. The summed E-state index contributed by atoms with van der Waals surface area (Å²) in [5, 5.41) is 4.19.